The Kier molecular flexibility index (Phi) is 6.98. The van der Waals surface area contributed by atoms with Crippen molar-refractivity contribution >= 4 is 51.7 Å². The summed E-state index contributed by atoms with van der Waals surface area (Å²) >= 11 is 7.39. The highest BCUT2D eigenvalue weighted by Gasteiger charge is 2.42. The van der Waals surface area contributed by atoms with Gasteiger partial charge < -0.3 is 5.32 Å². The zero-order chi connectivity index (χ0) is 21.8. The number of aliphatic imine (C=N–C) groups is 1. The van der Waals surface area contributed by atoms with E-state index in [1.807, 2.05) is 48.2 Å². The largest absolute Gasteiger partial charge is 0.326 e. The molecule has 1 unspecified atom stereocenters. The molecule has 2 fully saturated rings. The van der Waals surface area contributed by atoms with Gasteiger partial charge in [-0.25, -0.2) is 4.99 Å². The summed E-state index contributed by atoms with van der Waals surface area (Å²) in [5, 5.41) is 3.78. The average Bonchev–Trinajstić information content (AvgIpc) is 3.06. The van der Waals surface area contributed by atoms with Crippen LogP contribution in [0.25, 0.3) is 0 Å². The lowest BCUT2D eigenvalue weighted by atomic mass is 9.94. The molecule has 5 nitrogen and oxygen atoms in total. The number of carbonyl (C=O) groups excluding carboxylic acids is 2. The van der Waals surface area contributed by atoms with Crippen molar-refractivity contribution in [1.29, 1.82) is 0 Å². The Hall–Kier alpha value is -2.31. The van der Waals surface area contributed by atoms with Crippen LogP contribution in [0, 0.1) is 6.92 Å². The van der Waals surface area contributed by atoms with Crippen LogP contribution in [0.2, 0.25) is 5.02 Å². The summed E-state index contributed by atoms with van der Waals surface area (Å²) in [7, 11) is 0. The van der Waals surface area contributed by atoms with Gasteiger partial charge in [-0.2, -0.15) is 0 Å². The molecule has 7 heteroatoms. The molecule has 2 aromatic carbocycles. The number of amides is 2. The minimum atomic E-state index is -0.460. The number of nitrogens with one attached hydrogen (secondary N) is 1. The van der Waals surface area contributed by atoms with Crippen molar-refractivity contribution < 1.29 is 9.59 Å². The maximum atomic E-state index is 13.3. The van der Waals surface area contributed by atoms with Crippen LogP contribution in [0.4, 0.5) is 11.4 Å². The van der Waals surface area contributed by atoms with E-state index in [0.29, 0.717) is 10.2 Å². The predicted molar refractivity (Wildman–Crippen MR) is 128 cm³/mol. The number of rotatable bonds is 5. The molecule has 162 valence electrons. The molecule has 1 atom stereocenters. The van der Waals surface area contributed by atoms with E-state index in [1.165, 1.54) is 18.2 Å². The Morgan fingerprint density at radius 2 is 1.77 bits per heavy atom. The first-order chi connectivity index (χ1) is 15.0. The van der Waals surface area contributed by atoms with Crippen LogP contribution in [0.3, 0.4) is 0 Å². The van der Waals surface area contributed by atoms with Gasteiger partial charge in [0.2, 0.25) is 11.8 Å². The van der Waals surface area contributed by atoms with Crippen LogP contribution in [-0.2, 0) is 9.59 Å². The number of carbonyl (C=O) groups is 2. The first-order valence-electron chi connectivity index (χ1n) is 10.7. The Morgan fingerprint density at radius 3 is 2.45 bits per heavy atom. The van der Waals surface area contributed by atoms with Crippen LogP contribution in [0.5, 0.6) is 0 Å². The van der Waals surface area contributed by atoms with E-state index in [9.17, 15) is 9.59 Å². The van der Waals surface area contributed by atoms with E-state index in [-0.39, 0.29) is 24.3 Å². The van der Waals surface area contributed by atoms with E-state index < -0.39 is 5.25 Å². The van der Waals surface area contributed by atoms with Crippen molar-refractivity contribution in [2.45, 2.75) is 56.7 Å². The maximum Gasteiger partial charge on any atom is 0.242 e. The van der Waals surface area contributed by atoms with Gasteiger partial charge in [-0.15, -0.1) is 0 Å². The fourth-order valence-electron chi connectivity index (χ4n) is 4.01. The molecule has 0 aromatic heterocycles. The number of hydrogen-bond acceptors (Lipinski definition) is 4. The molecule has 1 N–H and O–H groups in total. The molecule has 0 spiro atoms. The topological polar surface area (TPSA) is 61.8 Å². The van der Waals surface area contributed by atoms with Crippen molar-refractivity contribution in [2.24, 2.45) is 4.99 Å². The summed E-state index contributed by atoms with van der Waals surface area (Å²) in [6.07, 6.45) is 5.53. The second-order valence-electron chi connectivity index (χ2n) is 8.10. The minimum Gasteiger partial charge on any atom is -0.326 e. The first kappa shape index (κ1) is 21.9. The lowest BCUT2D eigenvalue weighted by molar-refractivity contribution is -0.130. The fourth-order valence-corrected chi connectivity index (χ4v) is 5.35. The molecule has 31 heavy (non-hydrogen) atoms. The third-order valence-corrected chi connectivity index (χ3v) is 7.07. The van der Waals surface area contributed by atoms with Gasteiger partial charge in [-0.05, 0) is 56.2 Å². The van der Waals surface area contributed by atoms with Crippen molar-refractivity contribution in [3.63, 3.8) is 0 Å². The quantitative estimate of drug-likeness (QED) is 0.606. The average molecular weight is 456 g/mol. The van der Waals surface area contributed by atoms with Crippen molar-refractivity contribution in [3.05, 3.63) is 59.1 Å². The predicted octanol–water partition coefficient (Wildman–Crippen LogP) is 5.94. The summed E-state index contributed by atoms with van der Waals surface area (Å²) in [6.45, 7) is 2.00. The second kappa shape index (κ2) is 9.88. The van der Waals surface area contributed by atoms with E-state index >= 15 is 0 Å². The van der Waals surface area contributed by atoms with Gasteiger partial charge in [0.15, 0.2) is 5.17 Å². The number of nitrogens with zero attached hydrogens (tertiary/aromatic N) is 2. The van der Waals surface area contributed by atoms with Crippen LogP contribution in [0.15, 0.2) is 53.5 Å². The SMILES string of the molecule is Cc1ccc(NC(=O)CC2SC(=Nc3ccc(Cl)cc3)N(C3CCCCC3)C2=O)cc1. The molecule has 2 aromatic rings. The van der Waals surface area contributed by atoms with Gasteiger partial charge in [-0.1, -0.05) is 60.3 Å². The van der Waals surface area contributed by atoms with Crippen molar-refractivity contribution in [3.8, 4) is 0 Å². The summed E-state index contributed by atoms with van der Waals surface area (Å²) < 4.78 is 0. The molecular formula is C24H26ClN3O2S. The summed E-state index contributed by atoms with van der Waals surface area (Å²) in [5.74, 6) is -0.172. The summed E-state index contributed by atoms with van der Waals surface area (Å²) in [5.41, 5.74) is 2.63. The molecule has 1 heterocycles. The normalized spacial score (nSPS) is 21.0. The number of anilines is 1. The number of hydrogen-bond donors (Lipinski definition) is 1. The number of aryl methyl sites for hydroxylation is 1. The fraction of sp³-hybridized carbons (Fsp3) is 0.375. The highest BCUT2D eigenvalue weighted by atomic mass is 35.5. The highest BCUT2D eigenvalue weighted by Crippen LogP contribution is 2.37. The Labute approximate surface area is 192 Å². The smallest absolute Gasteiger partial charge is 0.242 e. The summed E-state index contributed by atoms with van der Waals surface area (Å²) in [4.78, 5) is 32.6. The molecule has 1 aliphatic heterocycles. The van der Waals surface area contributed by atoms with E-state index in [2.05, 4.69) is 5.32 Å². The van der Waals surface area contributed by atoms with Crippen LogP contribution in [0.1, 0.15) is 44.1 Å². The number of benzene rings is 2. The lowest BCUT2D eigenvalue weighted by Crippen LogP contribution is -2.42. The van der Waals surface area contributed by atoms with Gasteiger partial charge in [-0.3, -0.25) is 14.5 Å². The monoisotopic (exact) mass is 455 g/mol. The summed E-state index contributed by atoms with van der Waals surface area (Å²) in [6, 6.07) is 15.1. The molecule has 1 aliphatic carbocycles. The highest BCUT2D eigenvalue weighted by molar-refractivity contribution is 8.15. The van der Waals surface area contributed by atoms with Gasteiger partial charge in [0.1, 0.15) is 5.25 Å². The Morgan fingerprint density at radius 1 is 1.10 bits per heavy atom. The van der Waals surface area contributed by atoms with Crippen molar-refractivity contribution in [2.75, 3.05) is 5.32 Å². The van der Waals surface area contributed by atoms with Crippen LogP contribution < -0.4 is 5.32 Å². The van der Waals surface area contributed by atoms with Crippen LogP contribution >= 0.6 is 23.4 Å². The van der Waals surface area contributed by atoms with E-state index in [4.69, 9.17) is 16.6 Å². The van der Waals surface area contributed by atoms with E-state index in [0.717, 1.165) is 42.6 Å². The first-order valence-corrected chi connectivity index (χ1v) is 12.0. The van der Waals surface area contributed by atoms with Gasteiger partial charge >= 0.3 is 0 Å². The number of amidine groups is 1. The second-order valence-corrected chi connectivity index (χ2v) is 9.70. The third-order valence-electron chi connectivity index (χ3n) is 5.66. The van der Waals surface area contributed by atoms with Gasteiger partial charge in [0.25, 0.3) is 0 Å². The van der Waals surface area contributed by atoms with Crippen LogP contribution in [-0.4, -0.2) is 33.2 Å². The lowest BCUT2D eigenvalue weighted by Gasteiger charge is -2.30. The standard InChI is InChI=1S/C24H26ClN3O2S/c1-16-7-11-18(12-8-16)26-22(29)15-21-23(30)28(20-5-3-2-4-6-20)24(31-21)27-19-13-9-17(25)10-14-19/h7-14,20-21H,2-6,15H2,1H3,(H,26,29). The maximum absolute atomic E-state index is 13.3. The van der Waals surface area contributed by atoms with Gasteiger partial charge in [0.05, 0.1) is 5.69 Å². The third kappa shape index (κ3) is 5.49. The molecular weight excluding hydrogens is 430 g/mol. The van der Waals surface area contributed by atoms with Crippen molar-refractivity contribution in [1.82, 2.24) is 4.90 Å². The minimum absolute atomic E-state index is 0.0105. The zero-order valence-corrected chi connectivity index (χ0v) is 19.1. The molecule has 0 radical (unpaired) electrons. The zero-order valence-electron chi connectivity index (χ0n) is 17.5. The molecule has 4 rings (SSSR count). The van der Waals surface area contributed by atoms with Gasteiger partial charge in [0, 0.05) is 23.2 Å². The molecule has 1 saturated carbocycles. The molecule has 2 amide bonds. The molecule has 1 saturated heterocycles. The molecule has 0 bridgehead atoms. The number of halogens is 1. The Balaban J connectivity index is 1.51. The Bertz CT molecular complexity index is 969. The van der Waals surface area contributed by atoms with E-state index in [1.54, 1.807) is 12.1 Å². The number of thioether (sulfide) groups is 1. The molecule has 2 aliphatic rings.